The maximum atomic E-state index is 11.9. The number of amides is 1. The summed E-state index contributed by atoms with van der Waals surface area (Å²) in [5.74, 6) is 0.996. The Hall–Kier alpha value is -1.55. The average molecular weight is 262 g/mol. The zero-order chi connectivity index (χ0) is 13.8. The molecule has 1 unspecified atom stereocenters. The van der Waals surface area contributed by atoms with E-state index in [-0.39, 0.29) is 11.9 Å². The number of hydrogen-bond donors (Lipinski definition) is 2. The fraction of sp³-hybridized carbons (Fsp3) is 0.533. The lowest BCUT2D eigenvalue weighted by atomic mass is 10.0. The van der Waals surface area contributed by atoms with E-state index in [1.807, 2.05) is 19.1 Å². The summed E-state index contributed by atoms with van der Waals surface area (Å²) in [6.45, 7) is 5.62. The summed E-state index contributed by atoms with van der Waals surface area (Å²) >= 11 is 0. The molecule has 1 aromatic rings. The zero-order valence-electron chi connectivity index (χ0n) is 11.9. The van der Waals surface area contributed by atoms with Crippen LogP contribution in [0, 0.1) is 13.8 Å². The number of carbonyl (C=O) groups is 1. The molecular formula is C15H22N2O2. The van der Waals surface area contributed by atoms with Crippen LogP contribution >= 0.6 is 0 Å². The molecule has 0 saturated carbocycles. The lowest BCUT2D eigenvalue weighted by Gasteiger charge is -2.15. The number of carbonyl (C=O) groups excluding carboxylic acids is 1. The Kier molecular flexibility index (Phi) is 4.43. The second-order valence-electron chi connectivity index (χ2n) is 5.04. The van der Waals surface area contributed by atoms with Gasteiger partial charge >= 0.3 is 0 Å². The van der Waals surface area contributed by atoms with Crippen molar-refractivity contribution < 1.29 is 9.53 Å². The number of ether oxygens (including phenoxy) is 1. The van der Waals surface area contributed by atoms with Crippen molar-refractivity contribution in [1.82, 2.24) is 10.6 Å². The molecule has 0 aromatic heterocycles. The van der Waals surface area contributed by atoms with E-state index in [4.69, 9.17) is 4.74 Å². The van der Waals surface area contributed by atoms with Crippen molar-refractivity contribution in [3.05, 3.63) is 28.8 Å². The first-order valence-corrected chi connectivity index (χ1v) is 6.77. The highest BCUT2D eigenvalue weighted by Gasteiger charge is 2.21. The van der Waals surface area contributed by atoms with Crippen LogP contribution < -0.4 is 15.4 Å². The number of nitrogens with one attached hydrogen (secondary N) is 2. The summed E-state index contributed by atoms with van der Waals surface area (Å²) < 4.78 is 5.29. The Labute approximate surface area is 114 Å². The Morgan fingerprint density at radius 2 is 2.21 bits per heavy atom. The first-order chi connectivity index (χ1) is 9.13. The van der Waals surface area contributed by atoms with Crippen LogP contribution in [0.4, 0.5) is 0 Å². The largest absolute Gasteiger partial charge is 0.496 e. The minimum Gasteiger partial charge on any atom is -0.496 e. The summed E-state index contributed by atoms with van der Waals surface area (Å²) in [6.07, 6.45) is 2.02. The monoisotopic (exact) mass is 262 g/mol. The van der Waals surface area contributed by atoms with E-state index in [9.17, 15) is 4.79 Å². The van der Waals surface area contributed by atoms with Gasteiger partial charge in [0, 0.05) is 6.54 Å². The minimum atomic E-state index is -0.0142. The van der Waals surface area contributed by atoms with Gasteiger partial charge in [0.1, 0.15) is 5.75 Å². The van der Waals surface area contributed by atoms with Crippen molar-refractivity contribution in [3.63, 3.8) is 0 Å². The molecular weight excluding hydrogens is 240 g/mol. The van der Waals surface area contributed by atoms with Crippen LogP contribution in [0.1, 0.15) is 29.5 Å². The fourth-order valence-electron chi connectivity index (χ4n) is 2.48. The smallest absolute Gasteiger partial charge is 0.237 e. The van der Waals surface area contributed by atoms with Crippen LogP contribution in [0.2, 0.25) is 0 Å². The van der Waals surface area contributed by atoms with Crippen molar-refractivity contribution in [2.45, 2.75) is 39.3 Å². The van der Waals surface area contributed by atoms with Crippen molar-refractivity contribution in [2.24, 2.45) is 0 Å². The Morgan fingerprint density at radius 3 is 2.84 bits per heavy atom. The summed E-state index contributed by atoms with van der Waals surface area (Å²) in [5, 5.41) is 6.21. The van der Waals surface area contributed by atoms with Crippen molar-refractivity contribution in [2.75, 3.05) is 13.7 Å². The van der Waals surface area contributed by atoms with Gasteiger partial charge in [0.2, 0.25) is 5.91 Å². The second kappa shape index (κ2) is 6.06. The lowest BCUT2D eigenvalue weighted by molar-refractivity contribution is -0.122. The van der Waals surface area contributed by atoms with Crippen molar-refractivity contribution >= 4 is 5.91 Å². The Balaban J connectivity index is 1.99. The van der Waals surface area contributed by atoms with Gasteiger partial charge in [-0.05, 0) is 56.0 Å². The average Bonchev–Trinajstić information content (AvgIpc) is 2.94. The summed E-state index contributed by atoms with van der Waals surface area (Å²) in [7, 11) is 1.68. The molecule has 1 saturated heterocycles. The van der Waals surface area contributed by atoms with Gasteiger partial charge in [-0.15, -0.1) is 0 Å². The van der Waals surface area contributed by atoms with Gasteiger partial charge in [-0.1, -0.05) is 6.07 Å². The molecule has 2 rings (SSSR count). The number of methoxy groups -OCH3 is 1. The SMILES string of the molecule is COc1ccc(CNC(=O)C2CCCN2)c(C)c1C. The third kappa shape index (κ3) is 3.07. The van der Waals surface area contributed by atoms with Gasteiger partial charge in [-0.3, -0.25) is 4.79 Å². The molecule has 1 aliphatic heterocycles. The molecule has 0 aliphatic carbocycles. The number of rotatable bonds is 4. The highest BCUT2D eigenvalue weighted by molar-refractivity contribution is 5.82. The third-order valence-corrected chi connectivity index (χ3v) is 3.90. The zero-order valence-corrected chi connectivity index (χ0v) is 11.9. The summed E-state index contributed by atoms with van der Waals surface area (Å²) in [5.41, 5.74) is 3.46. The van der Waals surface area contributed by atoms with Gasteiger partial charge in [-0.2, -0.15) is 0 Å². The van der Waals surface area contributed by atoms with Gasteiger partial charge in [-0.25, -0.2) is 0 Å². The Morgan fingerprint density at radius 1 is 1.42 bits per heavy atom. The molecule has 1 heterocycles. The van der Waals surface area contributed by atoms with E-state index < -0.39 is 0 Å². The third-order valence-electron chi connectivity index (χ3n) is 3.90. The molecule has 1 aliphatic rings. The van der Waals surface area contributed by atoms with E-state index in [1.54, 1.807) is 7.11 Å². The predicted molar refractivity (Wildman–Crippen MR) is 75.3 cm³/mol. The Bertz CT molecular complexity index is 465. The van der Waals surface area contributed by atoms with Crippen LogP contribution in [0.15, 0.2) is 12.1 Å². The number of hydrogen-bond acceptors (Lipinski definition) is 3. The predicted octanol–water partition coefficient (Wildman–Crippen LogP) is 1.68. The first kappa shape index (κ1) is 13.9. The molecule has 1 atom stereocenters. The van der Waals surface area contributed by atoms with E-state index in [2.05, 4.69) is 17.6 Å². The maximum Gasteiger partial charge on any atom is 0.237 e. The van der Waals surface area contributed by atoms with Crippen LogP contribution in [-0.4, -0.2) is 25.6 Å². The molecule has 2 N–H and O–H groups in total. The molecule has 4 heteroatoms. The normalized spacial score (nSPS) is 18.4. The minimum absolute atomic E-state index is 0.0142. The van der Waals surface area contributed by atoms with Gasteiger partial charge in [0.15, 0.2) is 0 Å². The standard InChI is InChI=1S/C15H22N2O2/c1-10-11(2)14(19-3)7-6-12(10)9-17-15(18)13-5-4-8-16-13/h6-7,13,16H,4-5,8-9H2,1-3H3,(H,17,18). The quantitative estimate of drug-likeness (QED) is 0.868. The molecule has 19 heavy (non-hydrogen) atoms. The van der Waals surface area contributed by atoms with Crippen molar-refractivity contribution in [1.29, 1.82) is 0 Å². The molecule has 0 bridgehead atoms. The summed E-state index contributed by atoms with van der Waals surface area (Å²) in [4.78, 5) is 11.9. The molecule has 1 amide bonds. The van der Waals surface area contributed by atoms with Crippen LogP contribution in [-0.2, 0) is 11.3 Å². The van der Waals surface area contributed by atoms with Crippen LogP contribution in [0.3, 0.4) is 0 Å². The molecule has 1 aromatic carbocycles. The van der Waals surface area contributed by atoms with Crippen molar-refractivity contribution in [3.8, 4) is 5.75 Å². The molecule has 0 spiro atoms. The van der Waals surface area contributed by atoms with E-state index >= 15 is 0 Å². The van der Waals surface area contributed by atoms with E-state index in [1.165, 1.54) is 5.56 Å². The van der Waals surface area contributed by atoms with Gasteiger partial charge < -0.3 is 15.4 Å². The molecule has 4 nitrogen and oxygen atoms in total. The lowest BCUT2D eigenvalue weighted by Crippen LogP contribution is -2.40. The topological polar surface area (TPSA) is 50.4 Å². The van der Waals surface area contributed by atoms with Gasteiger partial charge in [0.05, 0.1) is 13.2 Å². The maximum absolute atomic E-state index is 11.9. The number of benzene rings is 1. The van der Waals surface area contributed by atoms with E-state index in [0.29, 0.717) is 6.54 Å². The summed E-state index contributed by atoms with van der Waals surface area (Å²) in [6, 6.07) is 3.96. The van der Waals surface area contributed by atoms with E-state index in [0.717, 1.165) is 36.3 Å². The fourth-order valence-corrected chi connectivity index (χ4v) is 2.48. The van der Waals surface area contributed by atoms with Crippen LogP contribution in [0.5, 0.6) is 5.75 Å². The van der Waals surface area contributed by atoms with Crippen LogP contribution in [0.25, 0.3) is 0 Å². The van der Waals surface area contributed by atoms with Gasteiger partial charge in [0.25, 0.3) is 0 Å². The second-order valence-corrected chi connectivity index (χ2v) is 5.04. The molecule has 1 fully saturated rings. The highest BCUT2D eigenvalue weighted by Crippen LogP contribution is 2.23. The molecule has 104 valence electrons. The highest BCUT2D eigenvalue weighted by atomic mass is 16.5. The first-order valence-electron chi connectivity index (χ1n) is 6.77. The molecule has 0 radical (unpaired) electrons.